The minimum Gasteiger partial charge on any atom is -0.481 e. The Hall–Kier alpha value is -2.34. The Balaban J connectivity index is 5.30. The van der Waals surface area contributed by atoms with Crippen molar-refractivity contribution in [2.24, 2.45) is 17.6 Å². The number of rotatable bonds is 14. The molecule has 0 aromatic rings. The highest BCUT2D eigenvalue weighted by Crippen LogP contribution is 2.09. The van der Waals surface area contributed by atoms with E-state index in [-0.39, 0.29) is 17.6 Å². The fraction of sp³-hybridized carbons (Fsp3) is 0.737. The summed E-state index contributed by atoms with van der Waals surface area (Å²) >= 11 is 4.01. The predicted molar refractivity (Wildman–Crippen MR) is 116 cm³/mol. The van der Waals surface area contributed by atoms with Crippen LogP contribution in [0.25, 0.3) is 0 Å². The first-order chi connectivity index (χ1) is 14.3. The van der Waals surface area contributed by atoms with Crippen LogP contribution in [0.1, 0.15) is 47.0 Å². The van der Waals surface area contributed by atoms with Gasteiger partial charge in [-0.25, -0.2) is 4.79 Å². The molecule has 7 N–H and O–H groups in total. The normalized spacial score (nSPS) is 15.8. The van der Waals surface area contributed by atoms with Crippen molar-refractivity contribution in [3.63, 3.8) is 0 Å². The van der Waals surface area contributed by atoms with Crippen LogP contribution in [-0.2, 0) is 24.0 Å². The van der Waals surface area contributed by atoms with Crippen molar-refractivity contribution in [2.45, 2.75) is 71.1 Å². The van der Waals surface area contributed by atoms with Crippen LogP contribution in [0, 0.1) is 11.8 Å². The standard InChI is InChI=1S/C19H34N4O7S/c1-5-10(4)15(19(29)30)23-18(28)13(8-31)22-17(27)12(7-14(24)25)21-16(26)11(20)6-9(2)3/h9-13,15,31H,5-8,20H2,1-4H3,(H,21,26)(H,22,27)(H,23,28)(H,24,25)(H,29,30). The van der Waals surface area contributed by atoms with E-state index in [9.17, 15) is 29.1 Å². The molecule has 0 saturated carbocycles. The topological polar surface area (TPSA) is 188 Å². The molecule has 11 nitrogen and oxygen atoms in total. The molecule has 31 heavy (non-hydrogen) atoms. The van der Waals surface area contributed by atoms with Gasteiger partial charge >= 0.3 is 11.9 Å². The van der Waals surface area contributed by atoms with E-state index < -0.39 is 60.2 Å². The highest BCUT2D eigenvalue weighted by Gasteiger charge is 2.32. The Bertz CT molecular complexity index is 659. The average molecular weight is 463 g/mol. The fourth-order valence-corrected chi connectivity index (χ4v) is 2.94. The molecule has 0 fully saturated rings. The predicted octanol–water partition coefficient (Wildman–Crippen LogP) is -0.651. The van der Waals surface area contributed by atoms with Crippen molar-refractivity contribution < 1.29 is 34.2 Å². The molecule has 0 aromatic heterocycles. The summed E-state index contributed by atoms with van der Waals surface area (Å²) < 4.78 is 0. The molecule has 0 bridgehead atoms. The van der Waals surface area contributed by atoms with E-state index in [0.717, 1.165) is 0 Å². The summed E-state index contributed by atoms with van der Waals surface area (Å²) in [4.78, 5) is 59.8. The molecule has 0 aromatic carbocycles. The van der Waals surface area contributed by atoms with Crippen LogP contribution in [0.15, 0.2) is 0 Å². The van der Waals surface area contributed by atoms with Crippen molar-refractivity contribution in [3.8, 4) is 0 Å². The zero-order valence-corrected chi connectivity index (χ0v) is 19.1. The van der Waals surface area contributed by atoms with Crippen molar-refractivity contribution in [1.82, 2.24) is 16.0 Å². The molecular formula is C19H34N4O7S. The first-order valence-corrected chi connectivity index (χ1v) is 10.7. The van der Waals surface area contributed by atoms with E-state index in [2.05, 4.69) is 28.6 Å². The second-order valence-corrected chi connectivity index (χ2v) is 8.21. The number of aliphatic carboxylic acids is 2. The highest BCUT2D eigenvalue weighted by molar-refractivity contribution is 7.80. The molecule has 0 aliphatic heterocycles. The molecule has 12 heteroatoms. The maximum absolute atomic E-state index is 12.6. The molecule has 0 aliphatic rings. The summed E-state index contributed by atoms with van der Waals surface area (Å²) in [6, 6.07) is -4.80. The van der Waals surface area contributed by atoms with E-state index in [1.54, 1.807) is 13.8 Å². The molecule has 3 amide bonds. The SMILES string of the molecule is CCC(C)C(NC(=O)C(CS)NC(=O)C(CC(=O)O)NC(=O)C(N)CC(C)C)C(=O)O. The molecule has 5 unspecified atom stereocenters. The molecular weight excluding hydrogens is 428 g/mol. The van der Waals surface area contributed by atoms with Gasteiger partial charge in [-0.15, -0.1) is 0 Å². The van der Waals surface area contributed by atoms with Gasteiger partial charge in [0.1, 0.15) is 18.1 Å². The smallest absolute Gasteiger partial charge is 0.326 e. The molecule has 5 atom stereocenters. The number of carbonyl (C=O) groups is 5. The maximum Gasteiger partial charge on any atom is 0.326 e. The summed E-state index contributed by atoms with van der Waals surface area (Å²) in [5.41, 5.74) is 5.77. The number of nitrogens with two attached hydrogens (primary N) is 1. The highest BCUT2D eigenvalue weighted by atomic mass is 32.1. The quantitative estimate of drug-likeness (QED) is 0.166. The lowest BCUT2D eigenvalue weighted by molar-refractivity contribution is -0.144. The second kappa shape index (κ2) is 13.9. The van der Waals surface area contributed by atoms with Crippen LogP contribution in [0.5, 0.6) is 0 Å². The van der Waals surface area contributed by atoms with Gasteiger partial charge in [-0.1, -0.05) is 34.1 Å². The molecule has 0 rings (SSSR count). The van der Waals surface area contributed by atoms with Gasteiger partial charge in [-0.05, 0) is 18.3 Å². The van der Waals surface area contributed by atoms with Crippen molar-refractivity contribution in [1.29, 1.82) is 0 Å². The number of carboxylic acids is 2. The first-order valence-electron chi connectivity index (χ1n) is 10.1. The van der Waals surface area contributed by atoms with Gasteiger partial charge in [0.05, 0.1) is 12.5 Å². The molecule has 0 saturated heterocycles. The Morgan fingerprint density at radius 2 is 1.42 bits per heavy atom. The number of amides is 3. The number of thiol groups is 1. The zero-order chi connectivity index (χ0) is 24.3. The van der Waals surface area contributed by atoms with Gasteiger partial charge in [0.25, 0.3) is 0 Å². The Morgan fingerprint density at radius 3 is 1.84 bits per heavy atom. The van der Waals surface area contributed by atoms with Crippen LogP contribution in [-0.4, -0.2) is 69.8 Å². The molecule has 0 radical (unpaired) electrons. The number of nitrogens with one attached hydrogen (secondary N) is 3. The Labute approximate surface area is 187 Å². The molecule has 0 spiro atoms. The second-order valence-electron chi connectivity index (χ2n) is 7.85. The van der Waals surface area contributed by atoms with Crippen molar-refractivity contribution in [3.05, 3.63) is 0 Å². The van der Waals surface area contributed by atoms with Crippen LogP contribution in [0.4, 0.5) is 0 Å². The van der Waals surface area contributed by atoms with Crippen LogP contribution >= 0.6 is 12.6 Å². The number of hydrogen-bond donors (Lipinski definition) is 7. The third kappa shape index (κ3) is 10.5. The fourth-order valence-electron chi connectivity index (χ4n) is 2.68. The number of carbonyl (C=O) groups excluding carboxylic acids is 3. The largest absolute Gasteiger partial charge is 0.481 e. The monoisotopic (exact) mass is 462 g/mol. The third-order valence-electron chi connectivity index (χ3n) is 4.67. The van der Waals surface area contributed by atoms with E-state index in [1.807, 2.05) is 13.8 Å². The van der Waals surface area contributed by atoms with Crippen LogP contribution in [0.3, 0.4) is 0 Å². The third-order valence-corrected chi connectivity index (χ3v) is 5.03. The minimum atomic E-state index is -1.47. The summed E-state index contributed by atoms with van der Waals surface area (Å²) in [6.07, 6.45) is 0.108. The molecule has 0 heterocycles. The van der Waals surface area contributed by atoms with Crippen molar-refractivity contribution in [2.75, 3.05) is 5.75 Å². The first kappa shape index (κ1) is 28.7. The van der Waals surface area contributed by atoms with Gasteiger partial charge in [0.2, 0.25) is 17.7 Å². The maximum atomic E-state index is 12.6. The van der Waals surface area contributed by atoms with E-state index in [4.69, 9.17) is 10.8 Å². The van der Waals surface area contributed by atoms with Crippen LogP contribution < -0.4 is 21.7 Å². The van der Waals surface area contributed by atoms with Gasteiger partial charge in [0.15, 0.2) is 0 Å². The lowest BCUT2D eigenvalue weighted by Gasteiger charge is -2.25. The summed E-state index contributed by atoms with van der Waals surface area (Å²) in [7, 11) is 0. The van der Waals surface area contributed by atoms with Crippen molar-refractivity contribution >= 4 is 42.3 Å². The number of carboxylic acid groups (broad SMARTS) is 2. The van der Waals surface area contributed by atoms with Gasteiger partial charge in [-0.2, -0.15) is 12.6 Å². The zero-order valence-electron chi connectivity index (χ0n) is 18.3. The van der Waals surface area contributed by atoms with E-state index in [0.29, 0.717) is 12.8 Å². The van der Waals surface area contributed by atoms with Gasteiger partial charge < -0.3 is 31.9 Å². The minimum absolute atomic E-state index is 0.109. The molecule has 178 valence electrons. The van der Waals surface area contributed by atoms with Gasteiger partial charge in [-0.3, -0.25) is 19.2 Å². The van der Waals surface area contributed by atoms with E-state index in [1.165, 1.54) is 0 Å². The molecule has 0 aliphatic carbocycles. The summed E-state index contributed by atoms with van der Waals surface area (Å²) in [5, 5.41) is 25.4. The summed E-state index contributed by atoms with van der Waals surface area (Å²) in [5.74, 6) is -5.38. The Kier molecular flexibility index (Phi) is 12.8. The van der Waals surface area contributed by atoms with Gasteiger partial charge in [0, 0.05) is 5.75 Å². The average Bonchev–Trinajstić information content (AvgIpc) is 2.67. The lowest BCUT2D eigenvalue weighted by atomic mass is 9.99. The van der Waals surface area contributed by atoms with E-state index >= 15 is 0 Å². The van der Waals surface area contributed by atoms with Crippen LogP contribution in [0.2, 0.25) is 0 Å². The number of hydrogen-bond acceptors (Lipinski definition) is 7. The Morgan fingerprint density at radius 1 is 0.903 bits per heavy atom. The lowest BCUT2D eigenvalue weighted by Crippen LogP contribution is -2.58. The summed E-state index contributed by atoms with van der Waals surface area (Å²) in [6.45, 7) is 7.14.